The van der Waals surface area contributed by atoms with Crippen LogP contribution in [-0.4, -0.2) is 12.7 Å². The minimum Gasteiger partial charge on any atom is -0.377 e. The normalized spacial score (nSPS) is 14.8. The van der Waals surface area contributed by atoms with Crippen LogP contribution < -0.4 is 5.73 Å². The van der Waals surface area contributed by atoms with E-state index in [4.69, 9.17) is 10.5 Å². The van der Waals surface area contributed by atoms with Gasteiger partial charge in [0.2, 0.25) is 0 Å². The van der Waals surface area contributed by atoms with Crippen LogP contribution in [-0.2, 0) is 4.74 Å². The van der Waals surface area contributed by atoms with Gasteiger partial charge in [-0.15, -0.1) is 0 Å². The van der Waals surface area contributed by atoms with Gasteiger partial charge in [-0.3, -0.25) is 0 Å². The Bertz CT molecular complexity index is 344. The van der Waals surface area contributed by atoms with Gasteiger partial charge in [0.15, 0.2) is 11.6 Å². The predicted octanol–water partition coefficient (Wildman–Crippen LogP) is 2.78. The Hall–Kier alpha value is -1.00. The third kappa shape index (κ3) is 3.25. The first kappa shape index (κ1) is 13.1. The fourth-order valence-electron chi connectivity index (χ4n) is 1.28. The van der Waals surface area contributed by atoms with E-state index in [1.165, 1.54) is 12.1 Å². The second-order valence-corrected chi connectivity index (χ2v) is 3.80. The average Bonchev–Trinajstić information content (AvgIpc) is 2.29. The van der Waals surface area contributed by atoms with Crippen LogP contribution in [0.5, 0.6) is 0 Å². The molecule has 0 aliphatic carbocycles. The molecule has 0 amide bonds. The van der Waals surface area contributed by atoms with E-state index in [2.05, 4.69) is 0 Å². The highest BCUT2D eigenvalue weighted by Crippen LogP contribution is 2.18. The third-order valence-electron chi connectivity index (χ3n) is 2.52. The summed E-state index contributed by atoms with van der Waals surface area (Å²) in [7, 11) is 0. The molecule has 0 heterocycles. The van der Waals surface area contributed by atoms with Crippen LogP contribution >= 0.6 is 0 Å². The molecule has 2 N–H and O–H groups in total. The third-order valence-corrected chi connectivity index (χ3v) is 2.52. The topological polar surface area (TPSA) is 35.2 Å². The summed E-state index contributed by atoms with van der Waals surface area (Å²) in [5.74, 6) is -1.76. The van der Waals surface area contributed by atoms with Crippen LogP contribution in [0.2, 0.25) is 0 Å². The molecule has 16 heavy (non-hydrogen) atoms. The molecule has 0 aromatic heterocycles. The lowest BCUT2D eigenvalue weighted by atomic mass is 10.1. The summed E-state index contributed by atoms with van der Waals surface area (Å²) in [4.78, 5) is 0. The van der Waals surface area contributed by atoms with Crippen molar-refractivity contribution in [1.82, 2.24) is 0 Å². The summed E-state index contributed by atoms with van der Waals surface area (Å²) in [5.41, 5.74) is 5.89. The van der Waals surface area contributed by atoms with Gasteiger partial charge in [0.05, 0.1) is 18.8 Å². The molecule has 0 spiro atoms. The smallest absolute Gasteiger partial charge is 0.163 e. The van der Waals surface area contributed by atoms with Crippen molar-refractivity contribution in [2.24, 2.45) is 5.73 Å². The Morgan fingerprint density at radius 1 is 1.38 bits per heavy atom. The van der Waals surface area contributed by atoms with Crippen molar-refractivity contribution >= 4 is 0 Å². The standard InChI is InChI=1S/C12H17F2NO/c1-3-8(2)16-7-11(15)9-5-4-6-10(13)12(9)14/h4-6,8,11H,3,7,15H2,1-2H3. The Kier molecular flexibility index (Phi) is 4.83. The zero-order valence-corrected chi connectivity index (χ0v) is 9.54. The predicted molar refractivity (Wildman–Crippen MR) is 59.0 cm³/mol. The molecule has 1 aromatic carbocycles. The lowest BCUT2D eigenvalue weighted by molar-refractivity contribution is 0.0533. The van der Waals surface area contributed by atoms with Crippen molar-refractivity contribution in [3.8, 4) is 0 Å². The van der Waals surface area contributed by atoms with Crippen molar-refractivity contribution in [2.45, 2.75) is 32.4 Å². The van der Waals surface area contributed by atoms with E-state index < -0.39 is 17.7 Å². The number of halogens is 2. The van der Waals surface area contributed by atoms with Gasteiger partial charge in [-0.05, 0) is 19.4 Å². The van der Waals surface area contributed by atoms with Crippen LogP contribution in [0.25, 0.3) is 0 Å². The summed E-state index contributed by atoms with van der Waals surface area (Å²) < 4.78 is 31.7. The maximum absolute atomic E-state index is 13.3. The van der Waals surface area contributed by atoms with E-state index in [0.29, 0.717) is 0 Å². The SMILES string of the molecule is CCC(C)OCC(N)c1cccc(F)c1F. The summed E-state index contributed by atoms with van der Waals surface area (Å²) in [5, 5.41) is 0. The Labute approximate surface area is 94.4 Å². The molecule has 0 saturated carbocycles. The van der Waals surface area contributed by atoms with Gasteiger partial charge in [-0.2, -0.15) is 0 Å². The van der Waals surface area contributed by atoms with Crippen LogP contribution in [0.1, 0.15) is 31.9 Å². The van der Waals surface area contributed by atoms with Gasteiger partial charge in [0.1, 0.15) is 0 Å². The second-order valence-electron chi connectivity index (χ2n) is 3.80. The minimum atomic E-state index is -0.886. The molecule has 90 valence electrons. The zero-order valence-electron chi connectivity index (χ0n) is 9.54. The van der Waals surface area contributed by atoms with Crippen molar-refractivity contribution in [3.05, 3.63) is 35.4 Å². The first-order chi connectivity index (χ1) is 7.56. The molecular weight excluding hydrogens is 212 g/mol. The molecule has 0 aliphatic heterocycles. The van der Waals surface area contributed by atoms with Crippen molar-refractivity contribution < 1.29 is 13.5 Å². The van der Waals surface area contributed by atoms with Gasteiger partial charge in [0.25, 0.3) is 0 Å². The Morgan fingerprint density at radius 2 is 2.06 bits per heavy atom. The molecule has 0 saturated heterocycles. The van der Waals surface area contributed by atoms with Crippen LogP contribution in [0.3, 0.4) is 0 Å². The molecule has 4 heteroatoms. The highest BCUT2D eigenvalue weighted by atomic mass is 19.2. The van der Waals surface area contributed by atoms with Crippen molar-refractivity contribution in [1.29, 1.82) is 0 Å². The minimum absolute atomic E-state index is 0.0719. The van der Waals surface area contributed by atoms with E-state index in [1.807, 2.05) is 13.8 Å². The summed E-state index contributed by atoms with van der Waals surface area (Å²) in [6, 6.07) is 3.35. The molecule has 0 aliphatic rings. The van der Waals surface area contributed by atoms with Crippen LogP contribution in [0.15, 0.2) is 18.2 Å². The van der Waals surface area contributed by atoms with Gasteiger partial charge < -0.3 is 10.5 Å². The number of hydrogen-bond donors (Lipinski definition) is 1. The van der Waals surface area contributed by atoms with E-state index in [-0.39, 0.29) is 18.3 Å². The molecule has 2 unspecified atom stereocenters. The number of ether oxygens (including phenoxy) is 1. The van der Waals surface area contributed by atoms with Crippen LogP contribution in [0.4, 0.5) is 8.78 Å². The summed E-state index contributed by atoms with van der Waals surface area (Å²) >= 11 is 0. The maximum Gasteiger partial charge on any atom is 0.163 e. The highest BCUT2D eigenvalue weighted by molar-refractivity contribution is 5.22. The summed E-state index contributed by atoms with van der Waals surface area (Å²) in [6.07, 6.45) is 0.931. The number of rotatable bonds is 5. The van der Waals surface area contributed by atoms with Gasteiger partial charge in [-0.1, -0.05) is 19.1 Å². The van der Waals surface area contributed by atoms with Crippen molar-refractivity contribution in [3.63, 3.8) is 0 Å². The molecule has 0 fully saturated rings. The number of nitrogens with two attached hydrogens (primary N) is 1. The molecule has 0 radical (unpaired) electrons. The van der Waals surface area contributed by atoms with E-state index in [0.717, 1.165) is 12.5 Å². The fraction of sp³-hybridized carbons (Fsp3) is 0.500. The molecule has 0 bridgehead atoms. The second kappa shape index (κ2) is 5.92. The molecule has 2 nitrogen and oxygen atoms in total. The Balaban J connectivity index is 2.66. The number of hydrogen-bond acceptors (Lipinski definition) is 2. The monoisotopic (exact) mass is 229 g/mol. The van der Waals surface area contributed by atoms with E-state index in [9.17, 15) is 8.78 Å². The molecule has 1 rings (SSSR count). The summed E-state index contributed by atoms with van der Waals surface area (Å²) in [6.45, 7) is 4.09. The van der Waals surface area contributed by atoms with E-state index >= 15 is 0 Å². The maximum atomic E-state index is 13.3. The fourth-order valence-corrected chi connectivity index (χ4v) is 1.28. The lowest BCUT2D eigenvalue weighted by Crippen LogP contribution is -2.21. The first-order valence-electron chi connectivity index (χ1n) is 5.37. The highest BCUT2D eigenvalue weighted by Gasteiger charge is 2.15. The molecule has 2 atom stereocenters. The number of benzene rings is 1. The molecular formula is C12H17F2NO. The van der Waals surface area contributed by atoms with Gasteiger partial charge in [-0.25, -0.2) is 8.78 Å². The van der Waals surface area contributed by atoms with Crippen LogP contribution in [0, 0.1) is 11.6 Å². The van der Waals surface area contributed by atoms with Crippen molar-refractivity contribution in [2.75, 3.05) is 6.61 Å². The van der Waals surface area contributed by atoms with Gasteiger partial charge in [0, 0.05) is 5.56 Å². The average molecular weight is 229 g/mol. The largest absolute Gasteiger partial charge is 0.377 e. The first-order valence-corrected chi connectivity index (χ1v) is 5.37. The quantitative estimate of drug-likeness (QED) is 0.842. The lowest BCUT2D eigenvalue weighted by Gasteiger charge is -2.16. The zero-order chi connectivity index (χ0) is 12.1. The van der Waals surface area contributed by atoms with Gasteiger partial charge >= 0.3 is 0 Å². The van der Waals surface area contributed by atoms with E-state index in [1.54, 1.807) is 0 Å². The molecule has 1 aromatic rings. The Morgan fingerprint density at radius 3 is 2.69 bits per heavy atom.